The minimum Gasteiger partial charge on any atom is -0.462 e. The van der Waals surface area contributed by atoms with Crippen LogP contribution in [0.25, 0.3) is 0 Å². The third-order valence-electron chi connectivity index (χ3n) is 5.74. The van der Waals surface area contributed by atoms with Crippen LogP contribution in [0.1, 0.15) is 47.1 Å². The molecule has 3 unspecified atom stereocenters. The van der Waals surface area contributed by atoms with Crippen molar-refractivity contribution in [2.45, 2.75) is 77.8 Å². The third kappa shape index (κ3) is 8.82. The van der Waals surface area contributed by atoms with Crippen LogP contribution >= 0.6 is 67.8 Å². The van der Waals surface area contributed by atoms with Gasteiger partial charge in [-0.05, 0) is 101 Å². The molecule has 0 spiro atoms. The van der Waals surface area contributed by atoms with E-state index < -0.39 is 53.6 Å². The normalized spacial score (nSPS) is 21.9. The van der Waals surface area contributed by atoms with Crippen molar-refractivity contribution < 1.29 is 47.6 Å². The van der Waals surface area contributed by atoms with Crippen LogP contribution < -0.4 is 10.6 Å². The van der Waals surface area contributed by atoms with E-state index in [0.29, 0.717) is 27.6 Å². The summed E-state index contributed by atoms with van der Waals surface area (Å²) >= 11 is 6.25. The molecule has 0 bridgehead atoms. The van der Waals surface area contributed by atoms with Crippen LogP contribution in [0.4, 0.5) is 11.4 Å². The van der Waals surface area contributed by atoms with E-state index in [1.165, 1.54) is 13.8 Å². The molecule has 1 aromatic carbocycles. The highest BCUT2D eigenvalue weighted by atomic mass is 127. The lowest BCUT2D eigenvalue weighted by atomic mass is 10.1. The van der Waals surface area contributed by atoms with Crippen LogP contribution in [0.5, 0.6) is 0 Å². The zero-order chi connectivity index (χ0) is 30.0. The van der Waals surface area contributed by atoms with Gasteiger partial charge >= 0.3 is 11.9 Å². The lowest BCUT2D eigenvalue weighted by molar-refractivity contribution is -0.156. The monoisotopic (exact) mass is 900 g/mol. The molecular weight excluding hydrogens is 869 g/mol. The average molecular weight is 900 g/mol. The van der Waals surface area contributed by atoms with Crippen LogP contribution in [0.2, 0.25) is 0 Å². The number of carbonyl (C=O) groups excluding carboxylic acids is 4. The van der Waals surface area contributed by atoms with Crippen LogP contribution in [0.15, 0.2) is 0 Å². The summed E-state index contributed by atoms with van der Waals surface area (Å²) in [5.41, 5.74) is 1.53. The lowest BCUT2D eigenvalue weighted by Crippen LogP contribution is -2.34. The summed E-state index contributed by atoms with van der Waals surface area (Å²) in [6.07, 6.45) is -2.36. The Morgan fingerprint density at radius 3 is 1.62 bits per heavy atom. The van der Waals surface area contributed by atoms with Crippen LogP contribution in [-0.2, 0) is 54.0 Å². The fraction of sp³-hybridized carbons (Fsp3) is 0.600. The van der Waals surface area contributed by atoms with Crippen molar-refractivity contribution in [2.75, 3.05) is 30.5 Å². The Kier molecular flexibility index (Phi) is 11.4. The van der Waals surface area contributed by atoms with Gasteiger partial charge in [-0.25, -0.2) is 0 Å². The van der Waals surface area contributed by atoms with Crippen molar-refractivity contribution >= 4 is 103 Å². The Labute approximate surface area is 273 Å². The second kappa shape index (κ2) is 13.6. The Bertz CT molecular complexity index is 1120. The van der Waals surface area contributed by atoms with Crippen molar-refractivity contribution in [1.82, 2.24) is 0 Å². The molecule has 40 heavy (non-hydrogen) atoms. The van der Waals surface area contributed by atoms with E-state index in [2.05, 4.69) is 78.4 Å². The Morgan fingerprint density at radius 1 is 0.825 bits per heavy atom. The molecular formula is C25H31I3N2O10. The quantitative estimate of drug-likeness (QED) is 0.278. The van der Waals surface area contributed by atoms with E-state index in [9.17, 15) is 19.2 Å². The first-order valence-corrected chi connectivity index (χ1v) is 15.5. The van der Waals surface area contributed by atoms with E-state index in [0.717, 1.165) is 0 Å². The van der Waals surface area contributed by atoms with E-state index in [-0.39, 0.29) is 26.2 Å². The maximum Gasteiger partial charge on any atom is 0.303 e. The van der Waals surface area contributed by atoms with Gasteiger partial charge in [-0.2, -0.15) is 0 Å². The topological polar surface area (TPSA) is 148 Å². The molecule has 2 heterocycles. The molecule has 0 aliphatic carbocycles. The van der Waals surface area contributed by atoms with Gasteiger partial charge in [0.2, 0.25) is 0 Å². The summed E-state index contributed by atoms with van der Waals surface area (Å²) < 4.78 is 34.9. The fourth-order valence-electron chi connectivity index (χ4n) is 3.96. The fourth-order valence-corrected chi connectivity index (χ4v) is 8.11. The maximum atomic E-state index is 13.2. The van der Waals surface area contributed by atoms with E-state index in [1.807, 2.05) is 0 Å². The zero-order valence-electron chi connectivity index (χ0n) is 22.8. The van der Waals surface area contributed by atoms with Crippen LogP contribution in [0, 0.1) is 10.7 Å². The summed E-state index contributed by atoms with van der Waals surface area (Å²) in [6.45, 7) is 9.41. The van der Waals surface area contributed by atoms with Crippen LogP contribution in [-0.4, -0.2) is 73.5 Å². The number of halogens is 3. The predicted molar refractivity (Wildman–Crippen MR) is 168 cm³/mol. The first kappa shape index (κ1) is 33.6. The SMILES string of the molecule is CC(=O)OCC(Cc1c(I)c(NC(=O)C2COC(C)(C)O2)c(I)c(NC(=O)C2COC(C)(C)O2)c1I)OC(C)=O. The molecule has 0 saturated carbocycles. The maximum absolute atomic E-state index is 13.2. The van der Waals surface area contributed by atoms with Gasteiger partial charge in [0.1, 0.15) is 12.7 Å². The number of anilines is 2. The van der Waals surface area contributed by atoms with E-state index in [1.54, 1.807) is 27.7 Å². The minimum atomic E-state index is -0.899. The number of nitrogens with one attached hydrogen (secondary N) is 2. The molecule has 3 atom stereocenters. The molecule has 2 aliphatic rings. The van der Waals surface area contributed by atoms with Crippen molar-refractivity contribution in [3.63, 3.8) is 0 Å². The summed E-state index contributed by atoms with van der Waals surface area (Å²) in [5, 5.41) is 5.85. The van der Waals surface area contributed by atoms with E-state index in [4.69, 9.17) is 28.4 Å². The molecule has 2 N–H and O–H groups in total. The molecule has 0 radical (unpaired) electrons. The Hall–Kier alpha value is -0.870. The van der Waals surface area contributed by atoms with Gasteiger partial charge in [0, 0.05) is 27.4 Å². The molecule has 15 heteroatoms. The van der Waals surface area contributed by atoms with Gasteiger partial charge in [0.15, 0.2) is 23.8 Å². The van der Waals surface area contributed by atoms with Gasteiger partial charge in [-0.15, -0.1) is 0 Å². The number of ether oxygens (including phenoxy) is 6. The average Bonchev–Trinajstić information content (AvgIpc) is 3.40. The number of esters is 2. The highest BCUT2D eigenvalue weighted by Crippen LogP contribution is 2.40. The van der Waals surface area contributed by atoms with Crippen molar-refractivity contribution in [3.05, 3.63) is 16.3 Å². The molecule has 2 saturated heterocycles. The first-order valence-electron chi connectivity index (χ1n) is 12.2. The zero-order valence-corrected chi connectivity index (χ0v) is 29.2. The van der Waals surface area contributed by atoms with Gasteiger partial charge in [0.05, 0.1) is 28.2 Å². The smallest absolute Gasteiger partial charge is 0.303 e. The lowest BCUT2D eigenvalue weighted by Gasteiger charge is -2.24. The summed E-state index contributed by atoms with van der Waals surface area (Å²) in [4.78, 5) is 49.6. The second-order valence-corrected chi connectivity index (χ2v) is 13.3. The molecule has 2 amide bonds. The number of carbonyl (C=O) groups is 4. The molecule has 12 nitrogen and oxygen atoms in total. The number of amides is 2. The predicted octanol–water partition coefficient (Wildman–Crippen LogP) is 3.72. The van der Waals surface area contributed by atoms with Gasteiger partial charge < -0.3 is 39.1 Å². The first-order chi connectivity index (χ1) is 18.5. The molecule has 2 aliphatic heterocycles. The van der Waals surface area contributed by atoms with Gasteiger partial charge in [-0.1, -0.05) is 0 Å². The standard InChI is InChI=1S/C25H31I3N2O10/c1-11(31)35-8-13(38-12(2)32)7-14-17(26)20(29-22(33)15-9-36-24(3,4)39-15)19(28)21(18(14)27)30-23(34)16-10-37-25(5,6)40-16/h13,15-16H,7-10H2,1-6H3,(H,29,33)(H,30,34). The summed E-state index contributed by atoms with van der Waals surface area (Å²) in [7, 11) is 0. The minimum absolute atomic E-state index is 0.0819. The summed E-state index contributed by atoms with van der Waals surface area (Å²) in [6, 6.07) is 0. The Morgan fingerprint density at radius 2 is 1.27 bits per heavy atom. The van der Waals surface area contributed by atoms with Crippen molar-refractivity contribution in [3.8, 4) is 0 Å². The molecule has 3 rings (SSSR count). The van der Waals surface area contributed by atoms with Crippen molar-refractivity contribution in [2.24, 2.45) is 0 Å². The number of hydrogen-bond donors (Lipinski definition) is 2. The second-order valence-electron chi connectivity index (χ2n) is 10.0. The Balaban J connectivity index is 2.01. The molecule has 2 fully saturated rings. The highest BCUT2D eigenvalue weighted by molar-refractivity contribution is 14.1. The van der Waals surface area contributed by atoms with Gasteiger partial charge in [-0.3, -0.25) is 19.2 Å². The largest absolute Gasteiger partial charge is 0.462 e. The molecule has 1 aromatic rings. The number of rotatable bonds is 9. The third-order valence-corrected chi connectivity index (χ3v) is 9.20. The molecule has 222 valence electrons. The van der Waals surface area contributed by atoms with Crippen LogP contribution in [0.3, 0.4) is 0 Å². The molecule has 0 aromatic heterocycles. The highest BCUT2D eigenvalue weighted by Gasteiger charge is 2.39. The van der Waals surface area contributed by atoms with Crippen molar-refractivity contribution in [1.29, 1.82) is 0 Å². The number of hydrogen-bond acceptors (Lipinski definition) is 10. The van der Waals surface area contributed by atoms with E-state index >= 15 is 0 Å². The summed E-state index contributed by atoms with van der Waals surface area (Å²) in [5.74, 6) is -3.70. The van der Waals surface area contributed by atoms with Gasteiger partial charge in [0.25, 0.3) is 11.8 Å². The number of benzene rings is 1.